The maximum atomic E-state index is 12.3. The van der Waals surface area contributed by atoms with E-state index in [-0.39, 0.29) is 5.91 Å². The Hall–Kier alpha value is -1.94. The number of likely N-dealkylation sites (N-methyl/N-ethyl adjacent to an activating group) is 1. The number of carbonyl (C=O) groups is 1. The average molecular weight is 496 g/mol. The molecule has 1 aromatic heterocycles. The first-order valence-corrected chi connectivity index (χ1v) is 12.5. The predicted molar refractivity (Wildman–Crippen MR) is 128 cm³/mol. The Morgan fingerprint density at radius 2 is 1.68 bits per heavy atom. The molecule has 1 heterocycles. The number of aromatic nitrogens is 2. The van der Waals surface area contributed by atoms with Crippen molar-refractivity contribution in [3.63, 3.8) is 0 Å². The van der Waals surface area contributed by atoms with Crippen LogP contribution in [0.15, 0.2) is 57.2 Å². The van der Waals surface area contributed by atoms with Crippen LogP contribution in [0.4, 0.5) is 0 Å². The van der Waals surface area contributed by atoms with Crippen molar-refractivity contribution < 1.29 is 14.3 Å². The Morgan fingerprint density at radius 3 is 2.35 bits per heavy atom. The normalized spacial score (nSPS) is 10.7. The van der Waals surface area contributed by atoms with Gasteiger partial charge in [-0.05, 0) is 42.0 Å². The number of amides is 1. The molecular weight excluding hydrogens is 474 g/mol. The molecule has 6 nitrogen and oxygen atoms in total. The van der Waals surface area contributed by atoms with Gasteiger partial charge in [0.05, 0.1) is 19.4 Å². The first kappa shape index (κ1) is 23.7. The van der Waals surface area contributed by atoms with Gasteiger partial charge in [0, 0.05) is 17.8 Å². The summed E-state index contributed by atoms with van der Waals surface area (Å²) in [7, 11) is 3.42. The molecule has 0 saturated heterocycles. The van der Waals surface area contributed by atoms with Crippen molar-refractivity contribution in [1.82, 2.24) is 15.1 Å². The largest absolute Gasteiger partial charge is 0.497 e. The van der Waals surface area contributed by atoms with Crippen LogP contribution in [-0.4, -0.2) is 54.1 Å². The van der Waals surface area contributed by atoms with Crippen LogP contribution in [0, 0.1) is 0 Å². The maximum absolute atomic E-state index is 12.3. The van der Waals surface area contributed by atoms with Crippen LogP contribution in [0.2, 0.25) is 5.02 Å². The van der Waals surface area contributed by atoms with Gasteiger partial charge in [0.15, 0.2) is 8.68 Å². The highest BCUT2D eigenvalue weighted by atomic mass is 35.5. The van der Waals surface area contributed by atoms with Crippen LogP contribution < -0.4 is 9.47 Å². The van der Waals surface area contributed by atoms with Gasteiger partial charge in [-0.25, -0.2) is 0 Å². The Labute approximate surface area is 199 Å². The smallest absolute Gasteiger partial charge is 0.232 e. The lowest BCUT2D eigenvalue weighted by atomic mass is 10.2. The fourth-order valence-electron chi connectivity index (χ4n) is 2.37. The number of ether oxygens (including phenoxy) is 2. The number of hydrogen-bond donors (Lipinski definition) is 0. The van der Waals surface area contributed by atoms with Crippen LogP contribution in [0.25, 0.3) is 0 Å². The lowest BCUT2D eigenvalue weighted by molar-refractivity contribution is -0.127. The van der Waals surface area contributed by atoms with Crippen LogP contribution in [0.5, 0.6) is 11.5 Å². The molecule has 1 amide bonds. The Kier molecular flexibility index (Phi) is 9.32. The summed E-state index contributed by atoms with van der Waals surface area (Å²) in [4.78, 5) is 14.0. The Balaban J connectivity index is 1.36. The Morgan fingerprint density at radius 1 is 1.03 bits per heavy atom. The molecule has 31 heavy (non-hydrogen) atoms. The van der Waals surface area contributed by atoms with Crippen molar-refractivity contribution >= 4 is 52.4 Å². The minimum absolute atomic E-state index is 0.0207. The van der Waals surface area contributed by atoms with Gasteiger partial charge >= 0.3 is 0 Å². The molecule has 0 unspecified atom stereocenters. The molecule has 3 aromatic rings. The number of thioether (sulfide) groups is 2. The second kappa shape index (κ2) is 12.2. The summed E-state index contributed by atoms with van der Waals surface area (Å²) in [5.74, 6) is 2.71. The molecular formula is C21H22ClN3O3S3. The number of halogens is 1. The van der Waals surface area contributed by atoms with Crippen molar-refractivity contribution in [1.29, 1.82) is 0 Å². The molecule has 10 heteroatoms. The highest BCUT2D eigenvalue weighted by Crippen LogP contribution is 2.31. The van der Waals surface area contributed by atoms with E-state index in [0.717, 1.165) is 25.9 Å². The summed E-state index contributed by atoms with van der Waals surface area (Å²) in [6.07, 6.45) is 0. The van der Waals surface area contributed by atoms with Gasteiger partial charge in [-0.1, -0.05) is 58.6 Å². The summed E-state index contributed by atoms with van der Waals surface area (Å²) in [5, 5.41) is 9.05. The number of methoxy groups -OCH3 is 1. The first-order valence-electron chi connectivity index (χ1n) is 9.38. The van der Waals surface area contributed by atoms with E-state index < -0.39 is 0 Å². The standard InChI is InChI=1S/C21H22ClN3O3S3/c1-25(11-12-28-18-9-5-16(22)6-10-18)19(26)14-30-21-24-23-20(31-21)29-13-15-3-7-17(27-2)8-4-15/h3-10H,11-14H2,1-2H3. The maximum Gasteiger partial charge on any atom is 0.232 e. The van der Waals surface area contributed by atoms with E-state index in [1.807, 2.05) is 24.3 Å². The van der Waals surface area contributed by atoms with E-state index in [1.165, 1.54) is 28.7 Å². The Bertz CT molecular complexity index is 968. The second-order valence-corrected chi connectivity index (χ2v) is 10.2. The topological polar surface area (TPSA) is 64.6 Å². The number of rotatable bonds is 11. The minimum atomic E-state index is 0.0207. The summed E-state index contributed by atoms with van der Waals surface area (Å²) in [5.41, 5.74) is 1.19. The van der Waals surface area contributed by atoms with Crippen molar-refractivity contribution in [3.8, 4) is 11.5 Å². The lowest BCUT2D eigenvalue weighted by Gasteiger charge is -2.17. The molecule has 0 atom stereocenters. The first-order chi connectivity index (χ1) is 15.0. The van der Waals surface area contributed by atoms with Gasteiger partial charge in [0.1, 0.15) is 18.1 Å². The molecule has 0 aliphatic heterocycles. The molecule has 0 N–H and O–H groups in total. The van der Waals surface area contributed by atoms with E-state index in [4.69, 9.17) is 21.1 Å². The molecule has 0 saturated carbocycles. The van der Waals surface area contributed by atoms with E-state index in [0.29, 0.717) is 23.9 Å². The third kappa shape index (κ3) is 7.92. The van der Waals surface area contributed by atoms with E-state index in [1.54, 1.807) is 55.1 Å². The van der Waals surface area contributed by atoms with Gasteiger partial charge in [-0.3, -0.25) is 4.79 Å². The predicted octanol–water partition coefficient (Wildman–Crippen LogP) is 5.12. The molecule has 164 valence electrons. The zero-order valence-electron chi connectivity index (χ0n) is 17.1. The van der Waals surface area contributed by atoms with Crippen LogP contribution in [-0.2, 0) is 10.5 Å². The summed E-state index contributed by atoms with van der Waals surface area (Å²) in [6.45, 7) is 0.917. The van der Waals surface area contributed by atoms with E-state index >= 15 is 0 Å². The third-order valence-corrected chi connectivity index (χ3v) is 7.66. The highest BCUT2D eigenvalue weighted by Gasteiger charge is 2.12. The molecule has 0 fully saturated rings. The fourth-order valence-corrected chi connectivity index (χ4v) is 5.41. The van der Waals surface area contributed by atoms with Gasteiger partial charge in [0.25, 0.3) is 0 Å². The average Bonchev–Trinajstić information content (AvgIpc) is 3.25. The zero-order chi connectivity index (χ0) is 22.1. The summed E-state index contributed by atoms with van der Waals surface area (Å²) >= 11 is 10.4. The van der Waals surface area contributed by atoms with Gasteiger partial charge < -0.3 is 14.4 Å². The van der Waals surface area contributed by atoms with Crippen molar-refractivity contribution in [2.45, 2.75) is 14.4 Å². The number of hydrogen-bond acceptors (Lipinski definition) is 8. The number of benzene rings is 2. The van der Waals surface area contributed by atoms with Crippen LogP contribution in [0.1, 0.15) is 5.56 Å². The van der Waals surface area contributed by atoms with Gasteiger partial charge in [-0.2, -0.15) is 0 Å². The second-order valence-electron chi connectivity index (χ2n) is 6.38. The van der Waals surface area contributed by atoms with Crippen LogP contribution >= 0.6 is 46.5 Å². The molecule has 0 radical (unpaired) electrons. The highest BCUT2D eigenvalue weighted by molar-refractivity contribution is 8.03. The summed E-state index contributed by atoms with van der Waals surface area (Å²) < 4.78 is 12.5. The molecule has 2 aromatic carbocycles. The SMILES string of the molecule is COc1ccc(CSc2nnc(SCC(=O)N(C)CCOc3ccc(Cl)cc3)s2)cc1. The number of carbonyl (C=O) groups excluding carboxylic acids is 1. The van der Waals surface area contributed by atoms with Gasteiger partial charge in [-0.15, -0.1) is 10.2 Å². The monoisotopic (exact) mass is 495 g/mol. The quantitative estimate of drug-likeness (QED) is 0.342. The lowest BCUT2D eigenvalue weighted by Crippen LogP contribution is -2.32. The van der Waals surface area contributed by atoms with Gasteiger partial charge in [0.2, 0.25) is 5.91 Å². The van der Waals surface area contributed by atoms with Crippen molar-refractivity contribution in [3.05, 3.63) is 59.1 Å². The zero-order valence-corrected chi connectivity index (χ0v) is 20.3. The molecule has 0 aliphatic rings. The third-order valence-electron chi connectivity index (χ3n) is 4.16. The van der Waals surface area contributed by atoms with E-state index in [2.05, 4.69) is 10.2 Å². The molecule has 0 spiro atoms. The minimum Gasteiger partial charge on any atom is -0.497 e. The van der Waals surface area contributed by atoms with E-state index in [9.17, 15) is 4.79 Å². The fraction of sp³-hybridized carbons (Fsp3) is 0.286. The molecule has 0 bridgehead atoms. The number of nitrogens with zero attached hydrogens (tertiary/aromatic N) is 3. The summed E-state index contributed by atoms with van der Waals surface area (Å²) in [6, 6.07) is 15.1. The van der Waals surface area contributed by atoms with Crippen molar-refractivity contribution in [2.24, 2.45) is 0 Å². The molecule has 3 rings (SSSR count). The molecule has 0 aliphatic carbocycles. The van der Waals surface area contributed by atoms with Crippen molar-refractivity contribution in [2.75, 3.05) is 33.1 Å². The van der Waals surface area contributed by atoms with Crippen LogP contribution in [0.3, 0.4) is 0 Å².